The maximum absolute atomic E-state index is 14.6. The number of fused-ring (bicyclic) bond motifs is 1. The summed E-state index contributed by atoms with van der Waals surface area (Å²) < 4.78 is 53.8. The highest BCUT2D eigenvalue weighted by atomic mass is 19.1. The van der Waals surface area contributed by atoms with Gasteiger partial charge < -0.3 is 14.6 Å². The molecule has 0 fully saturated rings. The van der Waals surface area contributed by atoms with Crippen molar-refractivity contribution in [2.45, 2.75) is 19.1 Å². The first kappa shape index (κ1) is 23.2. The van der Waals surface area contributed by atoms with Crippen LogP contribution in [-0.2, 0) is 22.6 Å². The Morgan fingerprint density at radius 1 is 0.971 bits per heavy atom. The van der Waals surface area contributed by atoms with Gasteiger partial charge in [0.1, 0.15) is 29.8 Å². The van der Waals surface area contributed by atoms with Crippen LogP contribution in [0.25, 0.3) is 0 Å². The van der Waals surface area contributed by atoms with Gasteiger partial charge in [-0.3, -0.25) is 4.90 Å². The van der Waals surface area contributed by atoms with Crippen molar-refractivity contribution in [1.82, 2.24) is 4.90 Å². The van der Waals surface area contributed by atoms with E-state index in [-0.39, 0.29) is 42.0 Å². The highest BCUT2D eigenvalue weighted by Gasteiger charge is 2.37. The smallest absolute Gasteiger partial charge is 0.410 e. The van der Waals surface area contributed by atoms with Gasteiger partial charge in [0.25, 0.3) is 0 Å². The zero-order chi connectivity index (χ0) is 24.2. The molecule has 9 heteroatoms. The summed E-state index contributed by atoms with van der Waals surface area (Å²) >= 11 is 0. The van der Waals surface area contributed by atoms with Gasteiger partial charge in [0, 0.05) is 18.2 Å². The fraction of sp³-hybridized carbons (Fsp3) is 0.200. The van der Waals surface area contributed by atoms with E-state index in [9.17, 15) is 22.8 Å². The Kier molecular flexibility index (Phi) is 6.72. The number of nitrogens with zero attached hydrogens (tertiary/aromatic N) is 1. The van der Waals surface area contributed by atoms with Crippen LogP contribution in [-0.4, -0.2) is 35.2 Å². The monoisotopic (exact) mass is 471 g/mol. The summed E-state index contributed by atoms with van der Waals surface area (Å²) in [5.74, 6) is -3.66. The number of carboxylic acid groups (broad SMARTS) is 1. The van der Waals surface area contributed by atoms with Gasteiger partial charge in [-0.2, -0.15) is 0 Å². The number of carbonyl (C=O) groups is 2. The number of carbonyl (C=O) groups excluding carboxylic acids is 1. The molecular weight excluding hydrogens is 451 g/mol. The summed E-state index contributed by atoms with van der Waals surface area (Å²) in [7, 11) is 0. The number of amides is 1. The van der Waals surface area contributed by atoms with Crippen molar-refractivity contribution in [3.8, 4) is 5.75 Å². The minimum absolute atomic E-state index is 0.00270. The van der Waals surface area contributed by atoms with E-state index in [1.807, 2.05) is 6.07 Å². The molecule has 1 N–H and O–H groups in total. The molecule has 34 heavy (non-hydrogen) atoms. The molecule has 176 valence electrons. The van der Waals surface area contributed by atoms with Gasteiger partial charge in [-0.15, -0.1) is 0 Å². The summed E-state index contributed by atoms with van der Waals surface area (Å²) in [6.45, 7) is -0.768. The Morgan fingerprint density at radius 2 is 1.71 bits per heavy atom. The Morgan fingerprint density at radius 3 is 2.44 bits per heavy atom. The molecule has 0 aliphatic carbocycles. The van der Waals surface area contributed by atoms with Crippen LogP contribution in [0, 0.1) is 17.5 Å². The van der Waals surface area contributed by atoms with Gasteiger partial charge in [0.2, 0.25) is 0 Å². The number of benzene rings is 3. The topological polar surface area (TPSA) is 76.1 Å². The van der Waals surface area contributed by atoms with Crippen molar-refractivity contribution in [3.05, 3.63) is 100 Å². The Hall–Kier alpha value is -4.01. The van der Waals surface area contributed by atoms with E-state index in [0.29, 0.717) is 0 Å². The molecule has 1 aliphatic heterocycles. The number of ether oxygens (including phenoxy) is 2. The van der Waals surface area contributed by atoms with Crippen molar-refractivity contribution in [2.24, 2.45) is 0 Å². The number of hydrogen-bond acceptors (Lipinski definition) is 4. The lowest BCUT2D eigenvalue weighted by molar-refractivity contribution is -0.139. The van der Waals surface area contributed by atoms with Crippen LogP contribution in [0.3, 0.4) is 0 Å². The molecule has 1 atom stereocenters. The van der Waals surface area contributed by atoms with Crippen molar-refractivity contribution >= 4 is 12.1 Å². The molecule has 3 aromatic rings. The lowest BCUT2D eigenvalue weighted by atomic mass is 9.87. The second kappa shape index (κ2) is 9.86. The van der Waals surface area contributed by atoms with Crippen molar-refractivity contribution < 1.29 is 37.3 Å². The SMILES string of the molecule is O=C(O)COc1ccc(F)cc1C1c2cc(F)cc(F)c2CCN1C(=O)OCc1ccccc1. The molecule has 4 rings (SSSR count). The number of aliphatic carboxylic acids is 1. The molecule has 1 unspecified atom stereocenters. The van der Waals surface area contributed by atoms with Gasteiger partial charge in [-0.1, -0.05) is 30.3 Å². The van der Waals surface area contributed by atoms with E-state index in [2.05, 4.69) is 0 Å². The van der Waals surface area contributed by atoms with Gasteiger partial charge in [-0.25, -0.2) is 22.8 Å². The number of carboxylic acids is 1. The summed E-state index contributed by atoms with van der Waals surface area (Å²) in [5.41, 5.74) is 1.06. The van der Waals surface area contributed by atoms with E-state index in [1.165, 1.54) is 11.0 Å². The number of halogens is 3. The maximum Gasteiger partial charge on any atom is 0.410 e. The molecule has 0 bridgehead atoms. The highest BCUT2D eigenvalue weighted by Crippen LogP contribution is 2.41. The van der Waals surface area contributed by atoms with Gasteiger partial charge in [0.15, 0.2) is 6.61 Å². The van der Waals surface area contributed by atoms with Crippen LogP contribution in [0.2, 0.25) is 0 Å². The molecule has 1 heterocycles. The van der Waals surface area contributed by atoms with Crippen LogP contribution in [0.5, 0.6) is 5.75 Å². The van der Waals surface area contributed by atoms with Gasteiger partial charge in [0.05, 0.1) is 6.04 Å². The van der Waals surface area contributed by atoms with E-state index in [1.54, 1.807) is 24.3 Å². The molecular formula is C25H20F3NO5. The third kappa shape index (κ3) is 4.98. The molecule has 0 aromatic heterocycles. The fourth-order valence-electron chi connectivity index (χ4n) is 4.00. The largest absolute Gasteiger partial charge is 0.482 e. The predicted octanol–water partition coefficient (Wildman–Crippen LogP) is 4.85. The van der Waals surface area contributed by atoms with Gasteiger partial charge >= 0.3 is 12.1 Å². The minimum Gasteiger partial charge on any atom is -0.482 e. The van der Waals surface area contributed by atoms with E-state index < -0.39 is 42.2 Å². The molecule has 1 aliphatic rings. The zero-order valence-corrected chi connectivity index (χ0v) is 17.8. The minimum atomic E-state index is -1.27. The lowest BCUT2D eigenvalue weighted by Gasteiger charge is -2.37. The van der Waals surface area contributed by atoms with Crippen LogP contribution >= 0.6 is 0 Å². The number of rotatable bonds is 6. The fourth-order valence-corrected chi connectivity index (χ4v) is 4.00. The second-order valence-electron chi connectivity index (χ2n) is 7.71. The first-order valence-electron chi connectivity index (χ1n) is 10.4. The maximum atomic E-state index is 14.6. The predicted molar refractivity (Wildman–Crippen MR) is 115 cm³/mol. The normalized spacial score (nSPS) is 14.9. The summed E-state index contributed by atoms with van der Waals surface area (Å²) in [6, 6.07) is 12.9. The van der Waals surface area contributed by atoms with E-state index >= 15 is 0 Å². The van der Waals surface area contributed by atoms with E-state index in [4.69, 9.17) is 14.6 Å². The van der Waals surface area contributed by atoms with Crippen LogP contribution < -0.4 is 4.74 Å². The Bertz CT molecular complexity index is 1220. The molecule has 1 amide bonds. The molecule has 0 saturated heterocycles. The quantitative estimate of drug-likeness (QED) is 0.556. The molecule has 3 aromatic carbocycles. The van der Waals surface area contributed by atoms with Crippen molar-refractivity contribution in [3.63, 3.8) is 0 Å². The highest BCUT2D eigenvalue weighted by molar-refractivity contribution is 5.71. The molecule has 0 saturated carbocycles. The third-order valence-corrected chi connectivity index (χ3v) is 5.46. The standard InChI is InChI=1S/C25H20F3NO5/c26-16-6-7-22(33-14-23(30)31)20(10-16)24-19-11-17(27)12-21(28)18(19)8-9-29(24)25(32)34-13-15-4-2-1-3-5-15/h1-7,10-12,24H,8-9,13-14H2,(H,30,31). The third-order valence-electron chi connectivity index (χ3n) is 5.46. The average Bonchev–Trinajstić information content (AvgIpc) is 2.81. The lowest BCUT2D eigenvalue weighted by Crippen LogP contribution is -2.41. The summed E-state index contributed by atoms with van der Waals surface area (Å²) in [5, 5.41) is 9.00. The second-order valence-corrected chi connectivity index (χ2v) is 7.71. The van der Waals surface area contributed by atoms with Crippen LogP contribution in [0.15, 0.2) is 60.7 Å². The first-order chi connectivity index (χ1) is 16.3. The number of hydrogen-bond donors (Lipinski definition) is 1. The first-order valence-corrected chi connectivity index (χ1v) is 10.4. The van der Waals surface area contributed by atoms with E-state index in [0.717, 1.165) is 29.8 Å². The van der Waals surface area contributed by atoms with Crippen LogP contribution in [0.1, 0.15) is 28.3 Å². The van der Waals surface area contributed by atoms with Crippen LogP contribution in [0.4, 0.5) is 18.0 Å². The summed E-state index contributed by atoms with van der Waals surface area (Å²) in [6.07, 6.45) is -0.698. The van der Waals surface area contributed by atoms with Gasteiger partial charge in [-0.05, 0) is 47.4 Å². The Balaban J connectivity index is 1.76. The van der Waals surface area contributed by atoms with Crippen molar-refractivity contribution in [2.75, 3.05) is 13.2 Å². The zero-order valence-electron chi connectivity index (χ0n) is 17.8. The molecule has 0 spiro atoms. The average molecular weight is 471 g/mol. The molecule has 6 nitrogen and oxygen atoms in total. The van der Waals surface area contributed by atoms with Crippen molar-refractivity contribution in [1.29, 1.82) is 0 Å². The Labute approximate surface area is 193 Å². The molecule has 0 radical (unpaired) electrons. The summed E-state index contributed by atoms with van der Waals surface area (Å²) in [4.78, 5) is 25.3.